The lowest BCUT2D eigenvalue weighted by molar-refractivity contribution is -0.131. The Labute approximate surface area is 202 Å². The van der Waals surface area contributed by atoms with Crippen molar-refractivity contribution in [1.82, 2.24) is 0 Å². The van der Waals surface area contributed by atoms with Crippen LogP contribution >= 0.6 is 0 Å². The van der Waals surface area contributed by atoms with Gasteiger partial charge in [-0.1, -0.05) is 53.2 Å². The zero-order valence-electron chi connectivity index (χ0n) is 22.6. The monoisotopic (exact) mass is 458 g/mol. The van der Waals surface area contributed by atoms with E-state index < -0.39 is 0 Å². The van der Waals surface area contributed by atoms with Crippen molar-refractivity contribution in [2.24, 2.45) is 45.3 Å². The molecule has 0 aromatic carbocycles. The smallest absolute Gasteiger partial charge is 0.113 e. The van der Waals surface area contributed by atoms with Crippen molar-refractivity contribution in [3.63, 3.8) is 0 Å². The van der Waals surface area contributed by atoms with Gasteiger partial charge in [-0.2, -0.15) is 0 Å². The second-order valence-electron chi connectivity index (χ2n) is 14.7. The van der Waals surface area contributed by atoms with Crippen molar-refractivity contribution in [3.8, 4) is 0 Å². The second-order valence-corrected chi connectivity index (χ2v) is 14.7. The summed E-state index contributed by atoms with van der Waals surface area (Å²) in [7, 11) is 0. The lowest BCUT2D eigenvalue weighted by Gasteiger charge is -2.64. The third kappa shape index (κ3) is 3.23. The van der Waals surface area contributed by atoms with Crippen LogP contribution in [-0.4, -0.2) is 34.1 Å². The molecule has 188 valence electrons. The first kappa shape index (κ1) is 24.3. The summed E-state index contributed by atoms with van der Waals surface area (Å²) in [4.78, 5) is 0. The number of ether oxygens (including phenoxy) is 1. The third-order valence-corrected chi connectivity index (χ3v) is 12.6. The number of allylic oxidation sites excluding steroid dienone is 2. The highest BCUT2D eigenvalue weighted by Gasteiger charge is 2.65. The summed E-state index contributed by atoms with van der Waals surface area (Å²) in [6, 6.07) is 0. The van der Waals surface area contributed by atoms with E-state index in [9.17, 15) is 10.2 Å². The summed E-state index contributed by atoms with van der Waals surface area (Å²) in [6.45, 7) is 19.0. The zero-order valence-corrected chi connectivity index (χ0v) is 22.6. The largest absolute Gasteiger partial charge is 0.393 e. The van der Waals surface area contributed by atoms with Gasteiger partial charge in [-0.05, 0) is 111 Å². The van der Waals surface area contributed by atoms with Crippen LogP contribution in [0.25, 0.3) is 0 Å². The summed E-state index contributed by atoms with van der Waals surface area (Å²) >= 11 is 0. The van der Waals surface area contributed by atoms with Crippen LogP contribution in [0.4, 0.5) is 0 Å². The highest BCUT2D eigenvalue weighted by atomic mass is 16.6. The molecule has 3 saturated carbocycles. The summed E-state index contributed by atoms with van der Waals surface area (Å²) in [6.07, 6.45) is 11.4. The van der Waals surface area contributed by atoms with Gasteiger partial charge in [0.1, 0.15) is 6.10 Å². The van der Waals surface area contributed by atoms with Gasteiger partial charge in [-0.15, -0.1) is 0 Å². The number of aliphatic hydroxyl groups excluding tert-OH is 2. The Balaban J connectivity index is 1.40. The highest BCUT2D eigenvalue weighted by Crippen LogP contribution is 2.73. The number of hydrogen-bond acceptors (Lipinski definition) is 3. The van der Waals surface area contributed by atoms with E-state index in [2.05, 4.69) is 61.5 Å². The molecule has 0 bridgehead atoms. The van der Waals surface area contributed by atoms with Gasteiger partial charge in [0.05, 0.1) is 17.8 Å². The Hall–Kier alpha value is -0.380. The number of aliphatic hydroxyl groups is 2. The molecule has 0 spiro atoms. The first-order chi connectivity index (χ1) is 15.2. The van der Waals surface area contributed by atoms with Gasteiger partial charge in [-0.25, -0.2) is 0 Å². The molecule has 0 amide bonds. The standard InChI is InChI=1S/C30H50O3/c1-18(17-22(31)25-27(4,5)33-25)19-11-15-30(8)21-9-10-23-26(2,3)24(32)13-14-28(23,6)20(21)12-16-29(19,30)7/h9,18-20,22-25,31-32H,10-17H2,1-8H3/t18-,19-,20+,22-,23-,24-,25-,28+,29-,30+/m0/s1. The molecule has 1 heterocycles. The fourth-order valence-electron chi connectivity index (χ4n) is 10.2. The average Bonchev–Trinajstić information content (AvgIpc) is 3.26. The SMILES string of the molecule is C[C@@H](C[C@H](O)[C@@H]1OC1(C)C)[C@@H]1CC[C@]2(C)C3=CC[C@H]4C(C)(C)[C@@H](O)CC[C@]4(C)[C@@H]3CC[C@@]12C. The fourth-order valence-corrected chi connectivity index (χ4v) is 10.2. The van der Waals surface area contributed by atoms with E-state index in [1.807, 2.05) is 0 Å². The zero-order chi connectivity index (χ0) is 24.2. The van der Waals surface area contributed by atoms with Crippen LogP contribution in [-0.2, 0) is 4.74 Å². The van der Waals surface area contributed by atoms with Crippen molar-refractivity contribution in [1.29, 1.82) is 0 Å². The van der Waals surface area contributed by atoms with Gasteiger partial charge >= 0.3 is 0 Å². The molecular formula is C30H50O3. The molecule has 0 aromatic heterocycles. The first-order valence-electron chi connectivity index (χ1n) is 13.9. The summed E-state index contributed by atoms with van der Waals surface area (Å²) in [5.74, 6) is 2.42. The molecule has 4 aliphatic carbocycles. The summed E-state index contributed by atoms with van der Waals surface area (Å²) < 4.78 is 5.76. The summed E-state index contributed by atoms with van der Waals surface area (Å²) in [5.41, 5.74) is 2.50. The Morgan fingerprint density at radius 2 is 1.67 bits per heavy atom. The van der Waals surface area contributed by atoms with Crippen LogP contribution in [0.1, 0.15) is 107 Å². The topological polar surface area (TPSA) is 53.0 Å². The maximum absolute atomic E-state index is 10.9. The third-order valence-electron chi connectivity index (χ3n) is 12.6. The molecule has 1 aliphatic heterocycles. The molecule has 3 heteroatoms. The Bertz CT molecular complexity index is 828. The predicted octanol–water partition coefficient (Wildman–Crippen LogP) is 6.52. The van der Waals surface area contributed by atoms with Crippen LogP contribution in [0, 0.1) is 45.3 Å². The van der Waals surface area contributed by atoms with Crippen molar-refractivity contribution in [2.45, 2.75) is 131 Å². The van der Waals surface area contributed by atoms with Gasteiger partial charge in [-0.3, -0.25) is 0 Å². The molecule has 0 unspecified atom stereocenters. The molecule has 4 fully saturated rings. The van der Waals surface area contributed by atoms with Crippen molar-refractivity contribution in [2.75, 3.05) is 0 Å². The molecule has 5 aliphatic rings. The number of epoxide rings is 1. The van der Waals surface area contributed by atoms with E-state index >= 15 is 0 Å². The molecule has 1 saturated heterocycles. The van der Waals surface area contributed by atoms with Crippen LogP contribution in [0.15, 0.2) is 11.6 Å². The maximum Gasteiger partial charge on any atom is 0.113 e. The van der Waals surface area contributed by atoms with Crippen LogP contribution in [0.2, 0.25) is 0 Å². The quantitative estimate of drug-likeness (QED) is 0.372. The van der Waals surface area contributed by atoms with Gasteiger partial charge < -0.3 is 14.9 Å². The van der Waals surface area contributed by atoms with Gasteiger partial charge in [0.15, 0.2) is 0 Å². The minimum absolute atomic E-state index is 0.00178. The molecule has 0 radical (unpaired) electrons. The van der Waals surface area contributed by atoms with E-state index in [0.29, 0.717) is 34.5 Å². The van der Waals surface area contributed by atoms with E-state index in [-0.39, 0.29) is 34.7 Å². The molecule has 5 rings (SSSR count). The molecular weight excluding hydrogens is 408 g/mol. The Morgan fingerprint density at radius 1 is 1.00 bits per heavy atom. The number of fused-ring (bicyclic) bond motifs is 5. The lowest BCUT2D eigenvalue weighted by Crippen LogP contribution is -2.58. The molecule has 0 aromatic rings. The van der Waals surface area contributed by atoms with E-state index in [1.165, 1.54) is 32.1 Å². The second kappa shape index (κ2) is 7.32. The molecule has 2 N–H and O–H groups in total. The molecule has 10 atom stereocenters. The number of hydrogen-bond donors (Lipinski definition) is 2. The van der Waals surface area contributed by atoms with Gasteiger partial charge in [0.25, 0.3) is 0 Å². The highest BCUT2D eigenvalue weighted by molar-refractivity contribution is 5.33. The Morgan fingerprint density at radius 3 is 2.30 bits per heavy atom. The normalized spacial score (nSPS) is 51.6. The minimum atomic E-state index is -0.341. The van der Waals surface area contributed by atoms with Gasteiger partial charge in [0, 0.05) is 0 Å². The van der Waals surface area contributed by atoms with Crippen molar-refractivity contribution < 1.29 is 14.9 Å². The first-order valence-corrected chi connectivity index (χ1v) is 13.9. The average molecular weight is 459 g/mol. The van der Waals surface area contributed by atoms with Crippen molar-refractivity contribution in [3.05, 3.63) is 11.6 Å². The number of rotatable bonds is 4. The molecule has 3 nitrogen and oxygen atoms in total. The van der Waals surface area contributed by atoms with E-state index in [1.54, 1.807) is 5.57 Å². The van der Waals surface area contributed by atoms with Crippen LogP contribution in [0.3, 0.4) is 0 Å². The van der Waals surface area contributed by atoms with Crippen molar-refractivity contribution >= 4 is 0 Å². The predicted molar refractivity (Wildman–Crippen MR) is 134 cm³/mol. The Kier molecular flexibility index (Phi) is 5.40. The van der Waals surface area contributed by atoms with Crippen LogP contribution < -0.4 is 0 Å². The maximum atomic E-state index is 10.9. The van der Waals surface area contributed by atoms with E-state index in [0.717, 1.165) is 19.3 Å². The fraction of sp³-hybridized carbons (Fsp3) is 0.933. The van der Waals surface area contributed by atoms with E-state index in [4.69, 9.17) is 4.74 Å². The molecule has 33 heavy (non-hydrogen) atoms. The lowest BCUT2D eigenvalue weighted by atomic mass is 9.41. The minimum Gasteiger partial charge on any atom is -0.393 e. The van der Waals surface area contributed by atoms with Crippen LogP contribution in [0.5, 0.6) is 0 Å². The summed E-state index contributed by atoms with van der Waals surface area (Å²) in [5, 5.41) is 21.7. The van der Waals surface area contributed by atoms with Gasteiger partial charge in [0.2, 0.25) is 0 Å².